The van der Waals surface area contributed by atoms with Gasteiger partial charge in [-0.3, -0.25) is 14.5 Å². The third kappa shape index (κ3) is 4.32. The Labute approximate surface area is 163 Å². The zero-order valence-electron chi connectivity index (χ0n) is 16.9. The van der Waals surface area contributed by atoms with E-state index >= 15 is 0 Å². The average Bonchev–Trinajstić information content (AvgIpc) is 2.77. The standard InChI is InChI=1S/C20H26N2O6/c1-19(2,3)14(13(17(25)26)21-18(27)28-20(4,5)6)22-15(23)11-9-7-8-10-12(11)16(22)24/h7-10,13-14H,1-6H3,(H,21,27)(H,25,26). The van der Waals surface area contributed by atoms with E-state index in [1.54, 1.807) is 53.7 Å². The number of alkyl carbamates (subject to hydrolysis) is 1. The van der Waals surface area contributed by atoms with Crippen LogP contribution in [0.2, 0.25) is 0 Å². The second-order valence-corrected chi connectivity index (χ2v) is 8.80. The molecule has 1 aromatic rings. The zero-order valence-corrected chi connectivity index (χ0v) is 16.9. The molecule has 0 spiro atoms. The summed E-state index contributed by atoms with van der Waals surface area (Å²) in [6.07, 6.45) is -0.939. The van der Waals surface area contributed by atoms with E-state index in [0.29, 0.717) is 0 Å². The van der Waals surface area contributed by atoms with Crippen LogP contribution in [0.4, 0.5) is 4.79 Å². The van der Waals surface area contributed by atoms with E-state index in [9.17, 15) is 24.3 Å². The quantitative estimate of drug-likeness (QED) is 0.764. The van der Waals surface area contributed by atoms with Crippen LogP contribution in [0.1, 0.15) is 62.3 Å². The van der Waals surface area contributed by atoms with E-state index in [4.69, 9.17) is 4.74 Å². The Morgan fingerprint density at radius 3 is 1.82 bits per heavy atom. The Kier molecular flexibility index (Phi) is 5.55. The van der Waals surface area contributed by atoms with Gasteiger partial charge < -0.3 is 15.2 Å². The number of rotatable bonds is 4. The van der Waals surface area contributed by atoms with E-state index in [-0.39, 0.29) is 11.1 Å². The maximum Gasteiger partial charge on any atom is 0.408 e. The van der Waals surface area contributed by atoms with E-state index in [1.165, 1.54) is 12.1 Å². The molecule has 2 N–H and O–H groups in total. The number of hydrogen-bond donors (Lipinski definition) is 2. The van der Waals surface area contributed by atoms with Gasteiger partial charge in [-0.05, 0) is 38.3 Å². The molecule has 1 aliphatic rings. The van der Waals surface area contributed by atoms with Crippen molar-refractivity contribution >= 4 is 23.9 Å². The first-order chi connectivity index (χ1) is 12.7. The molecule has 2 rings (SSSR count). The molecule has 0 saturated heterocycles. The summed E-state index contributed by atoms with van der Waals surface area (Å²) in [6.45, 7) is 10.0. The second-order valence-electron chi connectivity index (χ2n) is 8.80. The number of benzene rings is 1. The largest absolute Gasteiger partial charge is 0.480 e. The molecule has 0 fully saturated rings. The molecule has 1 aliphatic heterocycles. The van der Waals surface area contributed by atoms with E-state index in [2.05, 4.69) is 5.32 Å². The van der Waals surface area contributed by atoms with E-state index < -0.39 is 47.0 Å². The Balaban J connectivity index is 2.45. The number of imide groups is 1. The van der Waals surface area contributed by atoms with Crippen molar-refractivity contribution in [3.8, 4) is 0 Å². The molecular weight excluding hydrogens is 364 g/mol. The van der Waals surface area contributed by atoms with Gasteiger partial charge in [0.05, 0.1) is 17.2 Å². The highest BCUT2D eigenvalue weighted by molar-refractivity contribution is 6.21. The van der Waals surface area contributed by atoms with Gasteiger partial charge in [0, 0.05) is 0 Å². The molecule has 3 amide bonds. The fourth-order valence-electron chi connectivity index (χ4n) is 3.21. The Morgan fingerprint density at radius 2 is 1.46 bits per heavy atom. The average molecular weight is 390 g/mol. The van der Waals surface area contributed by atoms with Gasteiger partial charge in [-0.1, -0.05) is 32.9 Å². The topological polar surface area (TPSA) is 113 Å². The fourth-order valence-corrected chi connectivity index (χ4v) is 3.21. The van der Waals surface area contributed by atoms with Crippen LogP contribution in [0.15, 0.2) is 24.3 Å². The molecule has 2 atom stereocenters. The predicted octanol–water partition coefficient (Wildman–Crippen LogP) is 2.68. The first kappa shape index (κ1) is 21.4. The zero-order chi connectivity index (χ0) is 21.4. The van der Waals surface area contributed by atoms with Gasteiger partial charge in [0.25, 0.3) is 11.8 Å². The summed E-state index contributed by atoms with van der Waals surface area (Å²) in [5.41, 5.74) is -1.25. The van der Waals surface area contributed by atoms with Crippen LogP contribution in [0.5, 0.6) is 0 Å². The highest BCUT2D eigenvalue weighted by atomic mass is 16.6. The van der Waals surface area contributed by atoms with Gasteiger partial charge in [-0.15, -0.1) is 0 Å². The molecule has 8 nitrogen and oxygen atoms in total. The number of nitrogens with one attached hydrogen (secondary N) is 1. The number of carbonyl (C=O) groups is 4. The lowest BCUT2D eigenvalue weighted by Gasteiger charge is -2.40. The molecule has 0 radical (unpaired) electrons. The van der Waals surface area contributed by atoms with Gasteiger partial charge >= 0.3 is 12.1 Å². The summed E-state index contributed by atoms with van der Waals surface area (Å²) in [4.78, 5) is 51.0. The first-order valence-corrected chi connectivity index (χ1v) is 8.93. The number of hydrogen-bond acceptors (Lipinski definition) is 5. The van der Waals surface area contributed by atoms with Crippen LogP contribution in [0.3, 0.4) is 0 Å². The summed E-state index contributed by atoms with van der Waals surface area (Å²) >= 11 is 0. The number of carboxylic acids is 1. The molecule has 0 aromatic heterocycles. The van der Waals surface area contributed by atoms with Crippen LogP contribution < -0.4 is 5.32 Å². The molecule has 0 aliphatic carbocycles. The molecule has 0 saturated carbocycles. The summed E-state index contributed by atoms with van der Waals surface area (Å²) < 4.78 is 5.16. The van der Waals surface area contributed by atoms with E-state index in [0.717, 1.165) is 4.90 Å². The first-order valence-electron chi connectivity index (χ1n) is 8.93. The van der Waals surface area contributed by atoms with Crippen molar-refractivity contribution in [2.75, 3.05) is 0 Å². The van der Waals surface area contributed by atoms with Crippen molar-refractivity contribution < 1.29 is 29.0 Å². The molecule has 28 heavy (non-hydrogen) atoms. The number of fused-ring (bicyclic) bond motifs is 1. The molecule has 8 heteroatoms. The summed E-state index contributed by atoms with van der Waals surface area (Å²) in [7, 11) is 0. The van der Waals surface area contributed by atoms with Crippen LogP contribution in [0.25, 0.3) is 0 Å². The fraction of sp³-hybridized carbons (Fsp3) is 0.500. The van der Waals surface area contributed by atoms with Gasteiger partial charge in [-0.25, -0.2) is 9.59 Å². The number of carboxylic acid groups (broad SMARTS) is 1. The van der Waals surface area contributed by atoms with Crippen molar-refractivity contribution in [3.63, 3.8) is 0 Å². The number of carbonyl (C=O) groups excluding carboxylic acids is 3. The SMILES string of the molecule is CC(C)(C)OC(=O)NC(C(=O)O)C(N1C(=O)c2ccccc2C1=O)C(C)(C)C. The Morgan fingerprint density at radius 1 is 1.00 bits per heavy atom. The molecule has 2 unspecified atom stereocenters. The minimum Gasteiger partial charge on any atom is -0.480 e. The van der Waals surface area contributed by atoms with E-state index in [1.807, 2.05) is 0 Å². The lowest BCUT2D eigenvalue weighted by molar-refractivity contribution is -0.142. The highest BCUT2D eigenvalue weighted by Crippen LogP contribution is 2.34. The van der Waals surface area contributed by atoms with Crippen molar-refractivity contribution in [2.24, 2.45) is 5.41 Å². The van der Waals surface area contributed by atoms with Gasteiger partial charge in [0.15, 0.2) is 6.04 Å². The van der Waals surface area contributed by atoms with Crippen LogP contribution in [-0.4, -0.2) is 51.6 Å². The van der Waals surface area contributed by atoms with Crippen molar-refractivity contribution in [3.05, 3.63) is 35.4 Å². The van der Waals surface area contributed by atoms with Crippen molar-refractivity contribution in [2.45, 2.75) is 59.2 Å². The third-order valence-corrected chi connectivity index (χ3v) is 4.24. The lowest BCUT2D eigenvalue weighted by atomic mass is 9.81. The monoisotopic (exact) mass is 390 g/mol. The Bertz CT molecular complexity index is 784. The number of aliphatic carboxylic acids is 1. The number of nitrogens with zero attached hydrogens (tertiary/aromatic N) is 1. The van der Waals surface area contributed by atoms with Crippen molar-refractivity contribution in [1.82, 2.24) is 10.2 Å². The molecule has 1 aromatic carbocycles. The molecule has 0 bridgehead atoms. The third-order valence-electron chi connectivity index (χ3n) is 4.24. The van der Waals surface area contributed by atoms with Crippen LogP contribution in [0, 0.1) is 5.41 Å². The number of ether oxygens (including phenoxy) is 1. The van der Waals surface area contributed by atoms with Gasteiger partial charge in [0.1, 0.15) is 5.60 Å². The lowest BCUT2D eigenvalue weighted by Crippen LogP contribution is -2.62. The Hall–Kier alpha value is -2.90. The maximum atomic E-state index is 12.9. The van der Waals surface area contributed by atoms with Crippen LogP contribution in [-0.2, 0) is 9.53 Å². The molecule has 152 valence electrons. The van der Waals surface area contributed by atoms with Gasteiger partial charge in [0.2, 0.25) is 0 Å². The molecular formula is C20H26N2O6. The van der Waals surface area contributed by atoms with Crippen molar-refractivity contribution in [1.29, 1.82) is 0 Å². The predicted molar refractivity (Wildman–Crippen MR) is 101 cm³/mol. The highest BCUT2D eigenvalue weighted by Gasteiger charge is 2.50. The molecule has 1 heterocycles. The summed E-state index contributed by atoms with van der Waals surface area (Å²) in [5.74, 6) is -2.54. The normalized spacial score (nSPS) is 16.4. The van der Waals surface area contributed by atoms with Gasteiger partial charge in [-0.2, -0.15) is 0 Å². The summed E-state index contributed by atoms with van der Waals surface area (Å²) in [5, 5.41) is 12.1. The number of amides is 3. The minimum absolute atomic E-state index is 0.211. The second kappa shape index (κ2) is 7.26. The summed E-state index contributed by atoms with van der Waals surface area (Å²) in [6, 6.07) is 3.63. The minimum atomic E-state index is -1.54. The maximum absolute atomic E-state index is 12.9. The van der Waals surface area contributed by atoms with Crippen LogP contribution >= 0.6 is 0 Å². The smallest absolute Gasteiger partial charge is 0.408 e.